The van der Waals surface area contributed by atoms with Crippen LogP contribution in [0, 0.1) is 5.82 Å². The van der Waals surface area contributed by atoms with E-state index in [9.17, 15) is 14.0 Å². The third-order valence-electron chi connectivity index (χ3n) is 5.45. The molecule has 0 spiro atoms. The van der Waals surface area contributed by atoms with Gasteiger partial charge in [0.05, 0.1) is 12.2 Å². The maximum absolute atomic E-state index is 13.4. The predicted molar refractivity (Wildman–Crippen MR) is 117 cm³/mol. The highest BCUT2D eigenvalue weighted by atomic mass is 35.5. The lowest BCUT2D eigenvalue weighted by Crippen LogP contribution is -2.37. The third kappa shape index (κ3) is 2.98. The van der Waals surface area contributed by atoms with Crippen LogP contribution in [0.4, 0.5) is 4.39 Å². The lowest BCUT2D eigenvalue weighted by atomic mass is 10.1. The van der Waals surface area contributed by atoms with Crippen molar-refractivity contribution in [1.29, 1.82) is 0 Å². The SMILES string of the molecule is Cn1c(=O)c2c(nc3n(Cc4ccc(F)cc4)c(-c4ccc(Cl)cc4)cn23)n(C)c1=O. The molecule has 3 heterocycles. The van der Waals surface area contributed by atoms with E-state index < -0.39 is 11.2 Å². The number of hydrogen-bond acceptors (Lipinski definition) is 3. The van der Waals surface area contributed by atoms with Crippen molar-refractivity contribution >= 4 is 28.5 Å². The van der Waals surface area contributed by atoms with Crippen molar-refractivity contribution in [2.45, 2.75) is 6.54 Å². The van der Waals surface area contributed by atoms with Gasteiger partial charge in [-0.2, -0.15) is 4.98 Å². The number of fused-ring (bicyclic) bond motifs is 3. The van der Waals surface area contributed by atoms with Crippen molar-refractivity contribution in [1.82, 2.24) is 23.1 Å². The van der Waals surface area contributed by atoms with Crippen molar-refractivity contribution in [2.75, 3.05) is 0 Å². The van der Waals surface area contributed by atoms with Crippen molar-refractivity contribution in [3.63, 3.8) is 0 Å². The monoisotopic (exact) mass is 437 g/mol. The number of nitrogens with zero attached hydrogens (tertiary/aromatic N) is 5. The van der Waals surface area contributed by atoms with Crippen LogP contribution >= 0.6 is 11.6 Å². The minimum Gasteiger partial charge on any atom is -0.305 e. The number of aromatic nitrogens is 5. The molecule has 0 saturated carbocycles. The fourth-order valence-corrected chi connectivity index (χ4v) is 3.92. The number of benzene rings is 2. The highest BCUT2D eigenvalue weighted by Gasteiger charge is 2.21. The van der Waals surface area contributed by atoms with Crippen LogP contribution in [0.1, 0.15) is 5.56 Å². The van der Waals surface area contributed by atoms with Gasteiger partial charge in [0.1, 0.15) is 5.82 Å². The fourth-order valence-electron chi connectivity index (χ4n) is 3.79. The Morgan fingerprint density at radius 2 is 1.65 bits per heavy atom. The Balaban J connectivity index is 1.84. The molecule has 31 heavy (non-hydrogen) atoms. The second-order valence-corrected chi connectivity index (χ2v) is 7.83. The van der Waals surface area contributed by atoms with E-state index in [1.807, 2.05) is 22.9 Å². The second kappa shape index (κ2) is 6.95. The van der Waals surface area contributed by atoms with Gasteiger partial charge in [0.15, 0.2) is 11.2 Å². The summed E-state index contributed by atoms with van der Waals surface area (Å²) in [5, 5.41) is 0.611. The van der Waals surface area contributed by atoms with Crippen LogP contribution in [-0.2, 0) is 20.6 Å². The molecule has 0 aliphatic heterocycles. The standard InChI is InChI=1S/C22H17ClFN5O2/c1-26-19-18(20(30)27(2)22(26)31)29-12-17(14-5-7-15(23)8-6-14)28(21(29)25-19)11-13-3-9-16(24)10-4-13/h3-10,12H,11H2,1-2H3. The van der Waals surface area contributed by atoms with E-state index >= 15 is 0 Å². The van der Waals surface area contributed by atoms with E-state index in [0.717, 1.165) is 21.4 Å². The van der Waals surface area contributed by atoms with Crippen molar-refractivity contribution in [3.8, 4) is 11.3 Å². The van der Waals surface area contributed by atoms with Gasteiger partial charge in [-0.25, -0.2) is 9.18 Å². The molecule has 3 aromatic heterocycles. The van der Waals surface area contributed by atoms with Gasteiger partial charge < -0.3 is 4.57 Å². The number of halogens is 2. The first kappa shape index (κ1) is 19.3. The first-order chi connectivity index (χ1) is 14.8. The molecule has 0 amide bonds. The molecule has 0 aliphatic carbocycles. The van der Waals surface area contributed by atoms with E-state index in [0.29, 0.717) is 28.5 Å². The first-order valence-corrected chi connectivity index (χ1v) is 9.90. The Bertz CT molecular complexity index is 1570. The molecule has 0 atom stereocenters. The minimum atomic E-state index is -0.443. The Morgan fingerprint density at radius 1 is 0.968 bits per heavy atom. The average molecular weight is 438 g/mol. The molecule has 5 rings (SSSR count). The lowest BCUT2D eigenvalue weighted by Gasteiger charge is -2.09. The number of imidazole rings is 2. The Hall–Kier alpha value is -3.65. The topological polar surface area (TPSA) is 66.2 Å². The molecule has 5 aromatic rings. The first-order valence-electron chi connectivity index (χ1n) is 9.53. The van der Waals surface area contributed by atoms with Gasteiger partial charge in [0, 0.05) is 25.3 Å². The highest BCUT2D eigenvalue weighted by molar-refractivity contribution is 6.30. The summed E-state index contributed by atoms with van der Waals surface area (Å²) in [6, 6.07) is 13.6. The van der Waals surface area contributed by atoms with Crippen LogP contribution in [0.15, 0.2) is 64.3 Å². The van der Waals surface area contributed by atoms with Gasteiger partial charge in [0.2, 0.25) is 5.78 Å². The molecular weight excluding hydrogens is 421 g/mol. The maximum Gasteiger partial charge on any atom is 0.332 e. The predicted octanol–water partition coefficient (Wildman–Crippen LogP) is 3.19. The molecule has 0 radical (unpaired) electrons. The van der Waals surface area contributed by atoms with E-state index in [4.69, 9.17) is 11.6 Å². The van der Waals surface area contributed by atoms with E-state index in [-0.39, 0.29) is 5.82 Å². The minimum absolute atomic E-state index is 0.304. The Kier molecular flexibility index (Phi) is 4.33. The summed E-state index contributed by atoms with van der Waals surface area (Å²) >= 11 is 6.05. The molecule has 9 heteroatoms. The molecule has 156 valence electrons. The molecular formula is C22H17ClFN5O2. The zero-order chi connectivity index (χ0) is 21.9. The summed E-state index contributed by atoms with van der Waals surface area (Å²) in [6.45, 7) is 0.395. The quantitative estimate of drug-likeness (QED) is 0.435. The summed E-state index contributed by atoms with van der Waals surface area (Å²) in [4.78, 5) is 29.9. The average Bonchev–Trinajstić information content (AvgIpc) is 3.30. The largest absolute Gasteiger partial charge is 0.332 e. The van der Waals surface area contributed by atoms with Crippen LogP contribution < -0.4 is 11.2 Å². The number of hydrogen-bond donors (Lipinski definition) is 0. The van der Waals surface area contributed by atoms with Crippen LogP contribution in [0.5, 0.6) is 0 Å². The van der Waals surface area contributed by atoms with Gasteiger partial charge >= 0.3 is 5.69 Å². The Morgan fingerprint density at radius 3 is 2.32 bits per heavy atom. The van der Waals surface area contributed by atoms with Crippen molar-refractivity contribution in [2.24, 2.45) is 14.1 Å². The van der Waals surface area contributed by atoms with Crippen molar-refractivity contribution in [3.05, 3.63) is 92.0 Å². The van der Waals surface area contributed by atoms with Crippen LogP contribution in [0.3, 0.4) is 0 Å². The third-order valence-corrected chi connectivity index (χ3v) is 5.70. The summed E-state index contributed by atoms with van der Waals surface area (Å²) < 4.78 is 19.4. The lowest BCUT2D eigenvalue weighted by molar-refractivity contribution is 0.626. The van der Waals surface area contributed by atoms with Gasteiger partial charge in [-0.3, -0.25) is 18.3 Å². The maximum atomic E-state index is 13.4. The zero-order valence-corrected chi connectivity index (χ0v) is 17.5. The Labute approximate surface area is 180 Å². The smallest absolute Gasteiger partial charge is 0.305 e. The highest BCUT2D eigenvalue weighted by Crippen LogP contribution is 2.27. The molecule has 7 nitrogen and oxygen atoms in total. The summed E-state index contributed by atoms with van der Waals surface area (Å²) in [7, 11) is 3.03. The molecule has 0 fully saturated rings. The normalized spacial score (nSPS) is 11.6. The molecule has 0 bridgehead atoms. The van der Waals surface area contributed by atoms with E-state index in [2.05, 4.69) is 4.98 Å². The van der Waals surface area contributed by atoms with Crippen LogP contribution in [0.25, 0.3) is 28.2 Å². The second-order valence-electron chi connectivity index (χ2n) is 7.39. The molecule has 2 aromatic carbocycles. The summed E-state index contributed by atoms with van der Waals surface area (Å²) in [5.74, 6) is 0.187. The summed E-state index contributed by atoms with van der Waals surface area (Å²) in [6.07, 6.45) is 1.82. The van der Waals surface area contributed by atoms with Gasteiger partial charge in [-0.15, -0.1) is 0 Å². The summed E-state index contributed by atoms with van der Waals surface area (Å²) in [5.41, 5.74) is 2.30. The fraction of sp³-hybridized carbons (Fsp3) is 0.136. The number of aryl methyl sites for hydroxylation is 1. The zero-order valence-electron chi connectivity index (χ0n) is 16.7. The molecule has 0 saturated heterocycles. The van der Waals surface area contributed by atoms with Gasteiger partial charge in [0.25, 0.3) is 5.56 Å². The van der Waals surface area contributed by atoms with Crippen LogP contribution in [-0.4, -0.2) is 23.1 Å². The van der Waals surface area contributed by atoms with Crippen LogP contribution in [0.2, 0.25) is 5.02 Å². The van der Waals surface area contributed by atoms with Gasteiger partial charge in [-0.05, 0) is 35.4 Å². The molecule has 0 unspecified atom stereocenters. The van der Waals surface area contributed by atoms with Gasteiger partial charge in [-0.1, -0.05) is 35.9 Å². The van der Waals surface area contributed by atoms with Crippen molar-refractivity contribution < 1.29 is 4.39 Å². The molecule has 0 aliphatic rings. The molecule has 0 N–H and O–H groups in total. The number of rotatable bonds is 3. The van der Waals surface area contributed by atoms with E-state index in [1.165, 1.54) is 23.7 Å². The van der Waals surface area contributed by atoms with E-state index in [1.54, 1.807) is 35.7 Å².